The summed E-state index contributed by atoms with van der Waals surface area (Å²) in [5.74, 6) is -0.698. The predicted octanol–water partition coefficient (Wildman–Crippen LogP) is 1.77. The first-order chi connectivity index (χ1) is 9.61. The Morgan fingerprint density at radius 2 is 2.10 bits per heavy atom. The molecule has 5 nitrogen and oxygen atoms in total. The number of hydrogen-bond donors (Lipinski definition) is 2. The maximum atomic E-state index is 12.6. The molecule has 0 aliphatic rings. The van der Waals surface area contributed by atoms with Gasteiger partial charge >= 0.3 is 6.18 Å². The highest BCUT2D eigenvalue weighted by Gasteiger charge is 2.33. The van der Waals surface area contributed by atoms with E-state index in [-0.39, 0.29) is 17.4 Å². The average Bonchev–Trinajstić information content (AvgIpc) is 2.34. The summed E-state index contributed by atoms with van der Waals surface area (Å²) >= 11 is 0. The molecule has 0 spiro atoms. The van der Waals surface area contributed by atoms with Crippen molar-refractivity contribution in [2.75, 3.05) is 17.3 Å². The Morgan fingerprint density at radius 1 is 1.48 bits per heavy atom. The fourth-order valence-electron chi connectivity index (χ4n) is 1.57. The van der Waals surface area contributed by atoms with Crippen LogP contribution in [0.15, 0.2) is 12.1 Å². The van der Waals surface area contributed by atoms with Gasteiger partial charge in [-0.15, -0.1) is 0 Å². The number of halogens is 3. The molecule has 9 heteroatoms. The van der Waals surface area contributed by atoms with Crippen LogP contribution in [0.25, 0.3) is 0 Å². The van der Waals surface area contributed by atoms with Gasteiger partial charge in [0.15, 0.2) is 0 Å². The predicted molar refractivity (Wildman–Crippen MR) is 74.4 cm³/mol. The third-order valence-corrected chi connectivity index (χ3v) is 3.48. The lowest BCUT2D eigenvalue weighted by atomic mass is 10.2. The SMILES string of the molecule is CC(CCS(C)=O)Nc1nc(C(F)(F)F)ccc1C(N)=O. The number of nitrogens with two attached hydrogens (primary N) is 1. The van der Waals surface area contributed by atoms with E-state index in [1.165, 1.54) is 6.26 Å². The van der Waals surface area contributed by atoms with Crippen LogP contribution in [0.2, 0.25) is 0 Å². The molecule has 0 radical (unpaired) electrons. The van der Waals surface area contributed by atoms with E-state index in [4.69, 9.17) is 5.73 Å². The van der Waals surface area contributed by atoms with E-state index in [1.54, 1.807) is 6.92 Å². The Balaban J connectivity index is 3.01. The van der Waals surface area contributed by atoms with Crippen molar-refractivity contribution in [2.24, 2.45) is 5.73 Å². The van der Waals surface area contributed by atoms with Crippen LogP contribution in [0.5, 0.6) is 0 Å². The van der Waals surface area contributed by atoms with Crippen molar-refractivity contribution in [3.8, 4) is 0 Å². The van der Waals surface area contributed by atoms with Gasteiger partial charge < -0.3 is 11.1 Å². The maximum absolute atomic E-state index is 12.6. The van der Waals surface area contributed by atoms with Crippen LogP contribution >= 0.6 is 0 Å². The van der Waals surface area contributed by atoms with Crippen molar-refractivity contribution in [1.29, 1.82) is 0 Å². The molecule has 21 heavy (non-hydrogen) atoms. The normalized spacial score (nSPS) is 14.5. The van der Waals surface area contributed by atoms with Gasteiger partial charge in [-0.1, -0.05) is 0 Å². The van der Waals surface area contributed by atoms with E-state index in [1.807, 2.05) is 0 Å². The Bertz CT molecular complexity index is 549. The Morgan fingerprint density at radius 3 is 2.57 bits per heavy atom. The standard InChI is InChI=1S/C12H16F3N3O2S/c1-7(5-6-21(2)20)17-11-8(10(16)19)3-4-9(18-11)12(13,14)15/h3-4,7H,5-6H2,1-2H3,(H2,16,19)(H,17,18). The summed E-state index contributed by atoms with van der Waals surface area (Å²) in [7, 11) is -1.01. The number of pyridine rings is 1. The largest absolute Gasteiger partial charge is 0.433 e. The highest BCUT2D eigenvalue weighted by molar-refractivity contribution is 7.84. The lowest BCUT2D eigenvalue weighted by Crippen LogP contribution is -2.23. The van der Waals surface area contributed by atoms with E-state index in [0.717, 1.165) is 6.07 Å². The number of hydrogen-bond acceptors (Lipinski definition) is 4. The zero-order chi connectivity index (χ0) is 16.2. The molecule has 1 aromatic heterocycles. The second-order valence-corrected chi connectivity index (χ2v) is 6.12. The fraction of sp³-hybridized carbons (Fsp3) is 0.500. The summed E-state index contributed by atoms with van der Waals surface area (Å²) < 4.78 is 48.9. The van der Waals surface area contributed by atoms with Gasteiger partial charge in [0.05, 0.1) is 5.56 Å². The number of aromatic nitrogens is 1. The minimum atomic E-state index is -4.61. The van der Waals surface area contributed by atoms with Gasteiger partial charge in [-0.05, 0) is 25.5 Å². The van der Waals surface area contributed by atoms with Crippen LogP contribution < -0.4 is 11.1 Å². The van der Waals surface area contributed by atoms with Crippen molar-refractivity contribution >= 4 is 22.5 Å². The van der Waals surface area contributed by atoms with Crippen molar-refractivity contribution < 1.29 is 22.2 Å². The third kappa shape index (κ3) is 5.33. The number of amides is 1. The first-order valence-corrected chi connectivity index (χ1v) is 7.78. The molecule has 0 aliphatic heterocycles. The monoisotopic (exact) mass is 323 g/mol. The molecule has 0 saturated carbocycles. The summed E-state index contributed by atoms with van der Waals surface area (Å²) in [5, 5.41) is 2.71. The second kappa shape index (κ2) is 6.88. The summed E-state index contributed by atoms with van der Waals surface area (Å²) in [5.41, 5.74) is 3.89. The molecule has 3 N–H and O–H groups in total. The van der Waals surface area contributed by atoms with Crippen LogP contribution in [0.1, 0.15) is 29.4 Å². The summed E-state index contributed by atoms with van der Waals surface area (Å²) in [6.07, 6.45) is -2.62. The molecule has 1 heterocycles. The Labute approximate surface area is 122 Å². The van der Waals surface area contributed by atoms with Crippen LogP contribution in [0, 0.1) is 0 Å². The van der Waals surface area contributed by atoms with Crippen molar-refractivity contribution in [2.45, 2.75) is 25.6 Å². The maximum Gasteiger partial charge on any atom is 0.433 e. The zero-order valence-corrected chi connectivity index (χ0v) is 12.3. The van der Waals surface area contributed by atoms with Crippen molar-refractivity contribution in [3.63, 3.8) is 0 Å². The number of carbonyl (C=O) groups excluding carboxylic acids is 1. The van der Waals surface area contributed by atoms with Crippen molar-refractivity contribution in [3.05, 3.63) is 23.4 Å². The lowest BCUT2D eigenvalue weighted by molar-refractivity contribution is -0.141. The van der Waals surface area contributed by atoms with E-state index >= 15 is 0 Å². The first kappa shape index (κ1) is 17.4. The first-order valence-electron chi connectivity index (χ1n) is 6.06. The van der Waals surface area contributed by atoms with Crippen LogP contribution in [-0.2, 0) is 17.0 Å². The molecule has 0 bridgehead atoms. The van der Waals surface area contributed by atoms with Crippen LogP contribution in [0.3, 0.4) is 0 Å². The molecule has 2 unspecified atom stereocenters. The minimum absolute atomic E-state index is 0.118. The highest BCUT2D eigenvalue weighted by Crippen LogP contribution is 2.29. The number of nitrogens with zero attached hydrogens (tertiary/aromatic N) is 1. The molecule has 0 aromatic carbocycles. The van der Waals surface area contributed by atoms with Gasteiger partial charge in [-0.2, -0.15) is 13.2 Å². The number of carbonyl (C=O) groups is 1. The molecule has 0 fully saturated rings. The molecule has 118 valence electrons. The fourth-order valence-corrected chi connectivity index (χ4v) is 2.26. The van der Waals surface area contributed by atoms with E-state index in [9.17, 15) is 22.2 Å². The van der Waals surface area contributed by atoms with Crippen molar-refractivity contribution in [1.82, 2.24) is 4.98 Å². The van der Waals surface area contributed by atoms with Crippen LogP contribution in [-0.4, -0.2) is 33.2 Å². The Kier molecular flexibility index (Phi) is 5.70. The zero-order valence-electron chi connectivity index (χ0n) is 11.5. The molecule has 0 saturated heterocycles. The lowest BCUT2D eigenvalue weighted by Gasteiger charge is -2.17. The van der Waals surface area contributed by atoms with Crippen LogP contribution in [0.4, 0.5) is 19.0 Å². The summed E-state index contributed by atoms with van der Waals surface area (Å²) in [4.78, 5) is 14.7. The van der Waals surface area contributed by atoms with Gasteiger partial charge in [0, 0.05) is 28.9 Å². The number of rotatable bonds is 6. The van der Waals surface area contributed by atoms with E-state index in [0.29, 0.717) is 18.2 Å². The molecule has 1 amide bonds. The topological polar surface area (TPSA) is 85.1 Å². The summed E-state index contributed by atoms with van der Waals surface area (Å²) in [6, 6.07) is 1.39. The molecule has 1 aromatic rings. The quantitative estimate of drug-likeness (QED) is 0.835. The van der Waals surface area contributed by atoms with Gasteiger partial charge in [-0.25, -0.2) is 4.98 Å². The smallest absolute Gasteiger partial charge is 0.367 e. The number of nitrogens with one attached hydrogen (secondary N) is 1. The number of alkyl halides is 3. The van der Waals surface area contributed by atoms with Gasteiger partial charge in [0.1, 0.15) is 11.5 Å². The molecular weight excluding hydrogens is 307 g/mol. The molecule has 2 atom stereocenters. The molecule has 0 aliphatic carbocycles. The highest BCUT2D eigenvalue weighted by atomic mass is 32.2. The molecular formula is C12H16F3N3O2S. The van der Waals surface area contributed by atoms with E-state index < -0.39 is 28.6 Å². The third-order valence-electron chi connectivity index (χ3n) is 2.67. The Hall–Kier alpha value is -1.64. The molecule has 1 rings (SSSR count). The van der Waals surface area contributed by atoms with Gasteiger partial charge in [0.25, 0.3) is 5.91 Å². The van der Waals surface area contributed by atoms with E-state index in [2.05, 4.69) is 10.3 Å². The second-order valence-electron chi connectivity index (χ2n) is 4.57. The average molecular weight is 323 g/mol. The summed E-state index contributed by atoms with van der Waals surface area (Å²) in [6.45, 7) is 1.69. The minimum Gasteiger partial charge on any atom is -0.367 e. The van der Waals surface area contributed by atoms with Gasteiger partial charge in [-0.3, -0.25) is 9.00 Å². The number of primary amides is 1. The number of anilines is 1. The van der Waals surface area contributed by atoms with Gasteiger partial charge in [0.2, 0.25) is 0 Å².